The number of ether oxygens (including phenoxy) is 1. The highest BCUT2D eigenvalue weighted by atomic mass is 35.5. The zero-order chi connectivity index (χ0) is 10.5. The van der Waals surface area contributed by atoms with Gasteiger partial charge >= 0.3 is 5.97 Å². The summed E-state index contributed by atoms with van der Waals surface area (Å²) in [6.07, 6.45) is 5.21. The molecule has 0 unspecified atom stereocenters. The molecule has 0 bridgehead atoms. The predicted octanol–water partition coefficient (Wildman–Crippen LogP) is 2.88. The molecule has 0 aromatic rings. The lowest BCUT2D eigenvalue weighted by Gasteiger charge is -2.16. The van der Waals surface area contributed by atoms with Crippen molar-refractivity contribution < 1.29 is 9.53 Å². The zero-order valence-electron chi connectivity index (χ0n) is 8.43. The van der Waals surface area contributed by atoms with Crippen LogP contribution >= 0.6 is 11.6 Å². The molecule has 0 amide bonds. The maximum absolute atomic E-state index is 11.2. The minimum absolute atomic E-state index is 0.296. The molecule has 0 aliphatic heterocycles. The third-order valence-electron chi connectivity index (χ3n) is 1.54. The van der Waals surface area contributed by atoms with Crippen LogP contribution in [-0.4, -0.2) is 13.1 Å². The lowest BCUT2D eigenvalue weighted by Crippen LogP contribution is -2.23. The number of hydrogen-bond acceptors (Lipinski definition) is 2. The summed E-state index contributed by atoms with van der Waals surface area (Å²) in [5, 5.41) is 0.540. The Balaban J connectivity index is 4.66. The molecular weight excluding hydrogens is 188 g/mol. The molecule has 13 heavy (non-hydrogen) atoms. The van der Waals surface area contributed by atoms with Gasteiger partial charge in [0.2, 0.25) is 0 Å². The van der Waals surface area contributed by atoms with E-state index in [2.05, 4.69) is 4.74 Å². The number of hydrogen-bond donors (Lipinski definition) is 0. The normalized spacial score (nSPS) is 13.5. The first-order valence-corrected chi connectivity index (χ1v) is 4.41. The van der Waals surface area contributed by atoms with Crippen LogP contribution in [0, 0.1) is 5.41 Å². The van der Waals surface area contributed by atoms with Gasteiger partial charge in [0.15, 0.2) is 0 Å². The van der Waals surface area contributed by atoms with E-state index < -0.39 is 5.41 Å². The first-order valence-electron chi connectivity index (χ1n) is 4.03. The van der Waals surface area contributed by atoms with Crippen LogP contribution in [0.2, 0.25) is 0 Å². The van der Waals surface area contributed by atoms with Crippen molar-refractivity contribution in [3.8, 4) is 0 Å². The summed E-state index contributed by atoms with van der Waals surface area (Å²) < 4.78 is 4.63. The monoisotopic (exact) mass is 202 g/mol. The van der Waals surface area contributed by atoms with Crippen LogP contribution in [0.5, 0.6) is 0 Å². The van der Waals surface area contributed by atoms with E-state index in [9.17, 15) is 4.79 Å². The van der Waals surface area contributed by atoms with Gasteiger partial charge in [-0.2, -0.15) is 0 Å². The summed E-state index contributed by atoms with van der Waals surface area (Å²) in [4.78, 5) is 11.2. The molecule has 0 aromatic carbocycles. The van der Waals surface area contributed by atoms with Crippen molar-refractivity contribution in [1.82, 2.24) is 0 Å². The molecule has 0 fully saturated rings. The van der Waals surface area contributed by atoms with Crippen molar-refractivity contribution in [1.29, 1.82) is 0 Å². The maximum Gasteiger partial charge on any atom is 0.315 e. The van der Waals surface area contributed by atoms with Crippen molar-refractivity contribution in [3.05, 3.63) is 23.3 Å². The first kappa shape index (κ1) is 12.2. The summed E-state index contributed by atoms with van der Waals surface area (Å²) >= 11 is 5.83. The van der Waals surface area contributed by atoms with E-state index in [0.717, 1.165) is 0 Å². The number of esters is 1. The molecule has 0 radical (unpaired) electrons. The van der Waals surface area contributed by atoms with Crippen molar-refractivity contribution in [3.63, 3.8) is 0 Å². The molecule has 3 heteroatoms. The molecule has 74 valence electrons. The summed E-state index contributed by atoms with van der Waals surface area (Å²) in [5.41, 5.74) is -0.675. The fraction of sp³-hybridized carbons (Fsp3) is 0.500. The third-order valence-corrected chi connectivity index (χ3v) is 1.77. The highest BCUT2D eigenvalue weighted by molar-refractivity contribution is 6.31. The van der Waals surface area contributed by atoms with E-state index in [4.69, 9.17) is 11.6 Å². The Hall–Kier alpha value is -0.760. The van der Waals surface area contributed by atoms with Gasteiger partial charge in [-0.15, -0.1) is 0 Å². The Morgan fingerprint density at radius 2 is 2.00 bits per heavy atom. The second-order valence-corrected chi connectivity index (χ2v) is 3.68. The minimum Gasteiger partial charge on any atom is -0.468 e. The lowest BCUT2D eigenvalue weighted by molar-refractivity contribution is -0.148. The third kappa shape index (κ3) is 4.13. The van der Waals surface area contributed by atoms with Gasteiger partial charge in [-0.3, -0.25) is 4.79 Å². The Morgan fingerprint density at radius 1 is 1.46 bits per heavy atom. The van der Waals surface area contributed by atoms with Crippen molar-refractivity contribution in [2.45, 2.75) is 20.8 Å². The average molecular weight is 203 g/mol. The minimum atomic E-state index is -0.675. The Morgan fingerprint density at radius 3 is 2.38 bits per heavy atom. The summed E-state index contributed by atoms with van der Waals surface area (Å²) in [7, 11) is 1.36. The van der Waals surface area contributed by atoms with Gasteiger partial charge in [-0.25, -0.2) is 0 Å². The topological polar surface area (TPSA) is 26.3 Å². The Labute approximate surface area is 84.2 Å². The van der Waals surface area contributed by atoms with E-state index in [1.54, 1.807) is 26.0 Å². The first-order chi connectivity index (χ1) is 5.94. The fourth-order valence-corrected chi connectivity index (χ4v) is 1.27. The number of rotatable bonds is 3. The van der Waals surface area contributed by atoms with Crippen molar-refractivity contribution >= 4 is 17.6 Å². The molecule has 0 aliphatic rings. The molecule has 0 spiro atoms. The Bertz CT molecular complexity index is 239. The number of carbonyl (C=O) groups excluding carboxylic acids is 1. The Kier molecular flexibility index (Phi) is 4.78. The van der Waals surface area contributed by atoms with Gasteiger partial charge < -0.3 is 4.74 Å². The molecule has 0 aromatic heterocycles. The molecule has 0 atom stereocenters. The lowest BCUT2D eigenvalue weighted by atomic mass is 9.93. The molecular formula is C10H15ClO2. The van der Waals surface area contributed by atoms with Gasteiger partial charge in [-0.1, -0.05) is 17.7 Å². The predicted molar refractivity (Wildman–Crippen MR) is 54.5 cm³/mol. The van der Waals surface area contributed by atoms with Crippen LogP contribution in [-0.2, 0) is 9.53 Å². The molecule has 2 nitrogen and oxygen atoms in total. The molecule has 0 N–H and O–H groups in total. The van der Waals surface area contributed by atoms with E-state index >= 15 is 0 Å². The van der Waals surface area contributed by atoms with Crippen molar-refractivity contribution in [2.75, 3.05) is 7.11 Å². The highest BCUT2D eigenvalue weighted by Gasteiger charge is 2.25. The van der Waals surface area contributed by atoms with E-state index in [-0.39, 0.29) is 5.97 Å². The van der Waals surface area contributed by atoms with Gasteiger partial charge in [0.25, 0.3) is 0 Å². The van der Waals surface area contributed by atoms with Gasteiger partial charge in [-0.05, 0) is 32.9 Å². The van der Waals surface area contributed by atoms with Crippen molar-refractivity contribution in [2.24, 2.45) is 5.41 Å². The maximum atomic E-state index is 11.2. The largest absolute Gasteiger partial charge is 0.468 e. The van der Waals surface area contributed by atoms with Crippen LogP contribution in [0.15, 0.2) is 23.3 Å². The number of allylic oxidation sites excluding steroid dienone is 3. The molecule has 0 saturated heterocycles. The summed E-state index contributed by atoms with van der Waals surface area (Å²) in [5.74, 6) is -0.296. The van der Waals surface area contributed by atoms with Crippen LogP contribution in [0.3, 0.4) is 0 Å². The number of carbonyl (C=O) groups is 1. The standard InChI is InChI=1S/C10H15ClO2/c1-5-6-8(11)7-10(2,3)9(12)13-4/h5-7H,1-4H3/b6-5-,8-7+. The van der Waals surface area contributed by atoms with Crippen LogP contribution < -0.4 is 0 Å². The fourth-order valence-electron chi connectivity index (χ4n) is 0.874. The molecule has 0 heterocycles. The second-order valence-electron chi connectivity index (χ2n) is 3.24. The second kappa shape index (κ2) is 5.07. The highest BCUT2D eigenvalue weighted by Crippen LogP contribution is 2.22. The average Bonchev–Trinajstić information content (AvgIpc) is 2.02. The van der Waals surface area contributed by atoms with E-state index in [0.29, 0.717) is 5.03 Å². The van der Waals surface area contributed by atoms with Gasteiger partial charge in [0.1, 0.15) is 0 Å². The summed E-state index contributed by atoms with van der Waals surface area (Å²) in [6, 6.07) is 0. The SMILES string of the molecule is C/C=C\C(Cl)=C/C(C)(C)C(=O)OC. The van der Waals surface area contributed by atoms with E-state index in [1.165, 1.54) is 7.11 Å². The smallest absolute Gasteiger partial charge is 0.315 e. The molecule has 0 saturated carbocycles. The molecule has 0 aliphatic carbocycles. The zero-order valence-corrected chi connectivity index (χ0v) is 9.18. The quantitative estimate of drug-likeness (QED) is 0.520. The summed E-state index contributed by atoms with van der Waals surface area (Å²) in [6.45, 7) is 5.37. The van der Waals surface area contributed by atoms with Crippen LogP contribution in [0.1, 0.15) is 20.8 Å². The number of halogens is 1. The van der Waals surface area contributed by atoms with Gasteiger partial charge in [0, 0.05) is 5.03 Å². The van der Waals surface area contributed by atoms with Crippen LogP contribution in [0.25, 0.3) is 0 Å². The molecule has 0 rings (SSSR count). The van der Waals surface area contributed by atoms with Crippen LogP contribution in [0.4, 0.5) is 0 Å². The van der Waals surface area contributed by atoms with Gasteiger partial charge in [0.05, 0.1) is 12.5 Å². The van der Waals surface area contributed by atoms with E-state index in [1.807, 2.05) is 13.0 Å². The number of methoxy groups -OCH3 is 1.